The summed E-state index contributed by atoms with van der Waals surface area (Å²) in [5, 5.41) is 0. The molecule has 2 rings (SSSR count). The predicted octanol–water partition coefficient (Wildman–Crippen LogP) is 1.42. The van der Waals surface area contributed by atoms with E-state index in [0.717, 1.165) is 0 Å². The lowest BCUT2D eigenvalue weighted by molar-refractivity contribution is 0.340. The van der Waals surface area contributed by atoms with Gasteiger partial charge in [-0.15, -0.1) is 0 Å². The second kappa shape index (κ2) is 7.38. The van der Waals surface area contributed by atoms with E-state index in [2.05, 4.69) is 14.7 Å². The van der Waals surface area contributed by atoms with Crippen molar-refractivity contribution in [2.45, 2.75) is 18.4 Å². The van der Waals surface area contributed by atoms with Gasteiger partial charge in [0.05, 0.1) is 23.7 Å². The fraction of sp³-hybridized carbons (Fsp3) is 0.333. The number of ether oxygens (including phenoxy) is 1. The molecule has 2 aromatic rings. The Hall–Kier alpha value is -2.19. The molecule has 0 bridgehead atoms. The molecule has 0 radical (unpaired) electrons. The summed E-state index contributed by atoms with van der Waals surface area (Å²) in [6.07, 6.45) is 1.60. The van der Waals surface area contributed by atoms with E-state index in [4.69, 9.17) is 4.74 Å². The predicted molar refractivity (Wildman–Crippen MR) is 88.0 cm³/mol. The number of anilines is 1. The summed E-state index contributed by atoms with van der Waals surface area (Å²) in [5.74, 6) is 1.17. The second-order valence-electron chi connectivity index (χ2n) is 4.97. The maximum absolute atomic E-state index is 12.3. The van der Waals surface area contributed by atoms with E-state index in [-0.39, 0.29) is 11.4 Å². The third-order valence-corrected chi connectivity index (χ3v) is 4.41. The topological polar surface area (TPSA) is 84.4 Å². The lowest BCUT2D eigenvalue weighted by Crippen LogP contribution is -2.24. The molecule has 0 saturated carbocycles. The molecule has 0 aliphatic carbocycles. The average molecular weight is 336 g/mol. The second-order valence-corrected chi connectivity index (χ2v) is 6.74. The average Bonchev–Trinajstić information content (AvgIpc) is 2.54. The number of nitrogens with zero attached hydrogens (tertiary/aromatic N) is 3. The minimum absolute atomic E-state index is 0.0961. The van der Waals surface area contributed by atoms with Crippen LogP contribution in [0.2, 0.25) is 0 Å². The van der Waals surface area contributed by atoms with Crippen LogP contribution in [0.4, 0.5) is 5.95 Å². The van der Waals surface area contributed by atoms with Crippen molar-refractivity contribution in [3.63, 3.8) is 0 Å². The highest BCUT2D eigenvalue weighted by molar-refractivity contribution is 7.89. The van der Waals surface area contributed by atoms with Gasteiger partial charge in [-0.3, -0.25) is 0 Å². The van der Waals surface area contributed by atoms with Gasteiger partial charge in [0, 0.05) is 20.3 Å². The monoisotopic (exact) mass is 336 g/mol. The molecular weight excluding hydrogens is 316 g/mol. The van der Waals surface area contributed by atoms with Gasteiger partial charge in [0.1, 0.15) is 5.75 Å². The Labute approximate surface area is 136 Å². The minimum atomic E-state index is -3.60. The quantitative estimate of drug-likeness (QED) is 0.823. The Bertz CT molecular complexity index is 746. The summed E-state index contributed by atoms with van der Waals surface area (Å²) in [5.41, 5.74) is 0.596. The third-order valence-electron chi connectivity index (χ3n) is 2.99. The van der Waals surface area contributed by atoms with Crippen molar-refractivity contribution in [3.8, 4) is 5.75 Å². The Balaban J connectivity index is 2.08. The first-order valence-electron chi connectivity index (χ1n) is 7.14. The first-order chi connectivity index (χ1) is 10.9. The molecule has 0 unspecified atom stereocenters. The van der Waals surface area contributed by atoms with Crippen LogP contribution in [0.15, 0.2) is 41.4 Å². The van der Waals surface area contributed by atoms with Gasteiger partial charge in [-0.1, -0.05) is 0 Å². The molecule has 1 heterocycles. The van der Waals surface area contributed by atoms with Gasteiger partial charge in [-0.05, 0) is 37.3 Å². The molecule has 0 saturated heterocycles. The van der Waals surface area contributed by atoms with E-state index in [1.54, 1.807) is 29.3 Å². The number of rotatable bonds is 7. The molecule has 1 N–H and O–H groups in total. The number of benzene rings is 1. The van der Waals surface area contributed by atoms with Crippen molar-refractivity contribution in [1.82, 2.24) is 14.7 Å². The minimum Gasteiger partial charge on any atom is -0.494 e. The van der Waals surface area contributed by atoms with Gasteiger partial charge >= 0.3 is 0 Å². The van der Waals surface area contributed by atoms with Crippen LogP contribution < -0.4 is 14.4 Å². The summed E-state index contributed by atoms with van der Waals surface area (Å²) in [6.45, 7) is 2.50. The Kier molecular flexibility index (Phi) is 5.51. The molecule has 0 fully saturated rings. The molecule has 1 aromatic carbocycles. The fourth-order valence-corrected chi connectivity index (χ4v) is 2.83. The van der Waals surface area contributed by atoms with Crippen molar-refractivity contribution < 1.29 is 13.2 Å². The summed E-state index contributed by atoms with van der Waals surface area (Å²) in [4.78, 5) is 10.3. The van der Waals surface area contributed by atoms with Gasteiger partial charge in [0.25, 0.3) is 0 Å². The summed E-state index contributed by atoms with van der Waals surface area (Å²) < 4.78 is 32.4. The zero-order valence-corrected chi connectivity index (χ0v) is 14.2. The van der Waals surface area contributed by atoms with E-state index in [1.807, 2.05) is 21.0 Å². The van der Waals surface area contributed by atoms with Crippen molar-refractivity contribution >= 4 is 16.0 Å². The molecule has 0 spiro atoms. The van der Waals surface area contributed by atoms with Gasteiger partial charge in [-0.2, -0.15) is 0 Å². The largest absolute Gasteiger partial charge is 0.494 e. The van der Waals surface area contributed by atoms with Crippen molar-refractivity contribution in [1.29, 1.82) is 0 Å². The highest BCUT2D eigenvalue weighted by Crippen LogP contribution is 2.16. The van der Waals surface area contributed by atoms with Gasteiger partial charge < -0.3 is 9.64 Å². The number of aromatic nitrogens is 2. The van der Waals surface area contributed by atoms with Crippen LogP contribution in [0.1, 0.15) is 12.6 Å². The van der Waals surface area contributed by atoms with E-state index in [9.17, 15) is 8.42 Å². The highest BCUT2D eigenvalue weighted by atomic mass is 32.2. The van der Waals surface area contributed by atoms with Gasteiger partial charge in [0.15, 0.2) is 0 Å². The van der Waals surface area contributed by atoms with E-state index < -0.39 is 10.0 Å². The first kappa shape index (κ1) is 17.2. The molecule has 7 nitrogen and oxygen atoms in total. The lowest BCUT2D eigenvalue weighted by Gasteiger charge is -2.11. The van der Waals surface area contributed by atoms with Crippen LogP contribution in [0, 0.1) is 0 Å². The normalized spacial score (nSPS) is 11.3. The molecule has 0 amide bonds. The van der Waals surface area contributed by atoms with Crippen LogP contribution in [0.5, 0.6) is 5.75 Å². The number of hydrogen-bond acceptors (Lipinski definition) is 6. The van der Waals surface area contributed by atoms with Crippen LogP contribution in [0.3, 0.4) is 0 Å². The van der Waals surface area contributed by atoms with Crippen LogP contribution in [-0.4, -0.2) is 39.1 Å². The summed E-state index contributed by atoms with van der Waals surface area (Å²) in [6, 6.07) is 7.96. The molecule has 0 aliphatic heterocycles. The van der Waals surface area contributed by atoms with Crippen molar-refractivity contribution in [2.24, 2.45) is 0 Å². The van der Waals surface area contributed by atoms with Gasteiger partial charge in [0.2, 0.25) is 16.0 Å². The number of hydrogen-bond donors (Lipinski definition) is 1. The fourth-order valence-electron chi connectivity index (χ4n) is 1.83. The first-order valence-corrected chi connectivity index (χ1v) is 8.62. The van der Waals surface area contributed by atoms with Gasteiger partial charge in [-0.25, -0.2) is 23.1 Å². The van der Waals surface area contributed by atoms with Crippen molar-refractivity contribution in [3.05, 3.63) is 42.2 Å². The Morgan fingerprint density at radius 1 is 1.17 bits per heavy atom. The molecule has 0 aliphatic rings. The molecule has 0 atom stereocenters. The highest BCUT2D eigenvalue weighted by Gasteiger charge is 2.14. The number of nitrogens with one attached hydrogen (secondary N) is 1. The third kappa shape index (κ3) is 4.64. The standard InChI is InChI=1S/C15H20N4O3S/c1-4-22-13-5-7-14(8-6-13)23(20,21)17-11-12-9-10-16-15(18-12)19(2)3/h5-10,17H,4,11H2,1-3H3. The Morgan fingerprint density at radius 2 is 1.87 bits per heavy atom. The van der Waals surface area contributed by atoms with Crippen molar-refractivity contribution in [2.75, 3.05) is 25.6 Å². The maximum Gasteiger partial charge on any atom is 0.240 e. The maximum atomic E-state index is 12.3. The molecule has 1 aromatic heterocycles. The van der Waals surface area contributed by atoms with E-state index >= 15 is 0 Å². The molecule has 23 heavy (non-hydrogen) atoms. The molecular formula is C15H20N4O3S. The SMILES string of the molecule is CCOc1ccc(S(=O)(=O)NCc2ccnc(N(C)C)n2)cc1. The summed E-state index contributed by atoms with van der Waals surface area (Å²) in [7, 11) is 0.0424. The lowest BCUT2D eigenvalue weighted by atomic mass is 10.3. The molecule has 8 heteroatoms. The van der Waals surface area contributed by atoms with Crippen LogP contribution >= 0.6 is 0 Å². The zero-order chi connectivity index (χ0) is 16.9. The number of sulfonamides is 1. The zero-order valence-electron chi connectivity index (χ0n) is 13.4. The molecule has 124 valence electrons. The smallest absolute Gasteiger partial charge is 0.240 e. The Morgan fingerprint density at radius 3 is 2.48 bits per heavy atom. The van der Waals surface area contributed by atoms with Crippen LogP contribution in [-0.2, 0) is 16.6 Å². The summed E-state index contributed by atoms with van der Waals surface area (Å²) >= 11 is 0. The van der Waals surface area contributed by atoms with E-state index in [1.165, 1.54) is 12.1 Å². The van der Waals surface area contributed by atoms with E-state index in [0.29, 0.717) is 24.0 Å². The van der Waals surface area contributed by atoms with Crippen LogP contribution in [0.25, 0.3) is 0 Å².